The van der Waals surface area contributed by atoms with Gasteiger partial charge < -0.3 is 4.74 Å². The fraction of sp³-hybridized carbons (Fsp3) is 0.939. The summed E-state index contributed by atoms with van der Waals surface area (Å²) in [4.78, 5) is 0. The highest BCUT2D eigenvalue weighted by Crippen LogP contribution is 2.43. The summed E-state index contributed by atoms with van der Waals surface area (Å²) in [5.74, 6) is 3.29. The van der Waals surface area contributed by atoms with Gasteiger partial charge in [-0.15, -0.1) is 0 Å². The molecule has 1 nitrogen and oxygen atoms in total. The van der Waals surface area contributed by atoms with Crippen molar-refractivity contribution in [3.05, 3.63) is 11.9 Å². The van der Waals surface area contributed by atoms with Crippen molar-refractivity contribution in [2.45, 2.75) is 148 Å². The molecule has 3 saturated carbocycles. The van der Waals surface area contributed by atoms with E-state index in [1.807, 2.05) is 0 Å². The lowest BCUT2D eigenvalue weighted by Gasteiger charge is -2.41. The smallest absolute Gasteiger partial charge is 0.378 e. The van der Waals surface area contributed by atoms with Crippen LogP contribution in [0.15, 0.2) is 11.9 Å². The second-order valence-corrected chi connectivity index (χ2v) is 13.6. The van der Waals surface area contributed by atoms with E-state index in [1.165, 1.54) is 96.3 Å². The van der Waals surface area contributed by atoms with Gasteiger partial charge in [0.2, 0.25) is 0 Å². The van der Waals surface area contributed by atoms with Gasteiger partial charge in [-0.2, -0.15) is 13.2 Å². The fourth-order valence-corrected chi connectivity index (χ4v) is 8.49. The lowest BCUT2D eigenvalue weighted by molar-refractivity contribution is -0.0821. The molecule has 0 radical (unpaired) electrons. The van der Waals surface area contributed by atoms with Crippen LogP contribution >= 0.6 is 0 Å². The molecule has 2 atom stereocenters. The molecule has 0 bridgehead atoms. The third-order valence-corrected chi connectivity index (χ3v) is 11.1. The summed E-state index contributed by atoms with van der Waals surface area (Å²) in [5.41, 5.74) is 0. The molecule has 1 saturated heterocycles. The van der Waals surface area contributed by atoms with Crippen LogP contribution in [0.5, 0.6) is 0 Å². The zero-order chi connectivity index (χ0) is 27.0. The largest absolute Gasteiger partial charge is 0.412 e. The summed E-state index contributed by atoms with van der Waals surface area (Å²) in [7, 11) is 0. The summed E-state index contributed by atoms with van der Waals surface area (Å²) in [6.45, 7) is 3.30. The van der Waals surface area contributed by atoms with E-state index >= 15 is 0 Å². The molecular weight excluding hydrogens is 488 g/mol. The topological polar surface area (TPSA) is 9.23 Å². The third kappa shape index (κ3) is 9.51. The molecule has 0 aromatic rings. The molecule has 0 N–H and O–H groups in total. The van der Waals surface area contributed by atoms with E-state index in [9.17, 15) is 17.6 Å². The Morgan fingerprint density at radius 2 is 1.18 bits per heavy atom. The SMILES string of the molecule is CCCCCC1CCC(C2CCC(C3CCC(CCC4CCC(C(F)=CC(F)(F)F)CC4)CC3)OC2)CC1. The van der Waals surface area contributed by atoms with Crippen molar-refractivity contribution in [1.29, 1.82) is 0 Å². The average Bonchev–Trinajstić information content (AvgIpc) is 2.92. The van der Waals surface area contributed by atoms with Crippen LogP contribution in [0.1, 0.15) is 135 Å². The van der Waals surface area contributed by atoms with E-state index in [4.69, 9.17) is 4.74 Å². The van der Waals surface area contributed by atoms with Gasteiger partial charge >= 0.3 is 6.18 Å². The highest BCUT2D eigenvalue weighted by molar-refractivity contribution is 5.03. The van der Waals surface area contributed by atoms with E-state index < -0.39 is 17.9 Å². The molecule has 4 fully saturated rings. The van der Waals surface area contributed by atoms with Gasteiger partial charge in [0.1, 0.15) is 5.83 Å². The highest BCUT2D eigenvalue weighted by atomic mass is 19.4. The minimum atomic E-state index is -4.54. The summed E-state index contributed by atoms with van der Waals surface area (Å²) in [6.07, 6.45) is 20.3. The average molecular weight is 543 g/mol. The fourth-order valence-electron chi connectivity index (χ4n) is 8.49. The van der Waals surface area contributed by atoms with Crippen LogP contribution in [0.2, 0.25) is 0 Å². The van der Waals surface area contributed by atoms with Gasteiger partial charge in [0, 0.05) is 5.92 Å². The number of alkyl halides is 3. The van der Waals surface area contributed by atoms with Gasteiger partial charge in [-0.05, 0) is 99.7 Å². The first-order chi connectivity index (χ1) is 18.3. The molecule has 0 aromatic carbocycles. The maximum atomic E-state index is 13.9. The van der Waals surface area contributed by atoms with Crippen LogP contribution in [0.4, 0.5) is 17.6 Å². The van der Waals surface area contributed by atoms with Crippen molar-refractivity contribution >= 4 is 0 Å². The Hall–Kier alpha value is -0.580. The molecule has 1 aliphatic heterocycles. The van der Waals surface area contributed by atoms with E-state index in [2.05, 4.69) is 6.92 Å². The summed E-state index contributed by atoms with van der Waals surface area (Å²) in [6, 6.07) is 0. The Kier molecular flexibility index (Phi) is 11.9. The maximum absolute atomic E-state index is 13.9. The first-order valence-electron chi connectivity index (χ1n) is 16.4. The lowest BCUT2D eigenvalue weighted by Crippen LogP contribution is -2.37. The predicted molar refractivity (Wildman–Crippen MR) is 147 cm³/mol. The van der Waals surface area contributed by atoms with Gasteiger partial charge in [-0.25, -0.2) is 4.39 Å². The number of rotatable bonds is 10. The Labute approximate surface area is 229 Å². The first-order valence-corrected chi connectivity index (χ1v) is 16.4. The molecule has 38 heavy (non-hydrogen) atoms. The van der Waals surface area contributed by atoms with Crippen LogP contribution < -0.4 is 0 Å². The summed E-state index contributed by atoms with van der Waals surface area (Å²) >= 11 is 0. The quantitative estimate of drug-likeness (QED) is 0.197. The molecule has 3 aliphatic carbocycles. The Morgan fingerprint density at radius 1 is 0.658 bits per heavy atom. The Bertz CT molecular complexity index is 686. The van der Waals surface area contributed by atoms with Crippen molar-refractivity contribution in [2.24, 2.45) is 41.4 Å². The van der Waals surface area contributed by atoms with Crippen molar-refractivity contribution in [3.8, 4) is 0 Å². The van der Waals surface area contributed by atoms with Crippen molar-refractivity contribution in [3.63, 3.8) is 0 Å². The van der Waals surface area contributed by atoms with E-state index in [0.29, 0.717) is 24.9 Å². The zero-order valence-electron chi connectivity index (χ0n) is 24.0. The number of hydrogen-bond acceptors (Lipinski definition) is 1. The van der Waals surface area contributed by atoms with Crippen LogP contribution in [0.3, 0.4) is 0 Å². The number of unbranched alkanes of at least 4 members (excludes halogenated alkanes) is 2. The van der Waals surface area contributed by atoms with Crippen molar-refractivity contribution in [1.82, 2.24) is 0 Å². The normalized spacial score (nSPS) is 37.8. The minimum absolute atomic E-state index is 0.132. The number of allylic oxidation sites excluding steroid dienone is 2. The summed E-state index contributed by atoms with van der Waals surface area (Å²) < 4.78 is 57.7. The van der Waals surface area contributed by atoms with E-state index in [-0.39, 0.29) is 6.08 Å². The van der Waals surface area contributed by atoms with Gasteiger partial charge in [-0.1, -0.05) is 71.1 Å². The van der Waals surface area contributed by atoms with Crippen LogP contribution in [-0.2, 0) is 4.74 Å². The lowest BCUT2D eigenvalue weighted by atomic mass is 9.71. The standard InChI is InChI=1S/C33H54F4O/c1-2-3-4-5-24-8-14-27(15-9-24)30-20-21-32(38-23-30)29-18-12-26(13-19-29)7-6-25-10-16-28(17-11-25)31(34)22-33(35,36)37/h22,24-30,32H,2-21,23H2,1H3. The minimum Gasteiger partial charge on any atom is -0.378 e. The van der Waals surface area contributed by atoms with E-state index in [1.54, 1.807) is 0 Å². The van der Waals surface area contributed by atoms with Crippen LogP contribution in [0.25, 0.3) is 0 Å². The molecule has 0 spiro atoms. The van der Waals surface area contributed by atoms with Gasteiger partial charge in [0.05, 0.1) is 18.8 Å². The van der Waals surface area contributed by atoms with Crippen LogP contribution in [0, 0.1) is 41.4 Å². The Balaban J connectivity index is 1.07. The second kappa shape index (κ2) is 14.9. The second-order valence-electron chi connectivity index (χ2n) is 13.6. The van der Waals surface area contributed by atoms with Gasteiger partial charge in [0.15, 0.2) is 0 Å². The maximum Gasteiger partial charge on any atom is 0.412 e. The third-order valence-electron chi connectivity index (χ3n) is 11.1. The molecule has 4 rings (SSSR count). The van der Waals surface area contributed by atoms with Gasteiger partial charge in [-0.3, -0.25) is 0 Å². The molecule has 220 valence electrons. The van der Waals surface area contributed by atoms with E-state index in [0.717, 1.165) is 55.5 Å². The molecular formula is C33H54F4O. The number of hydrogen-bond donors (Lipinski definition) is 0. The highest BCUT2D eigenvalue weighted by Gasteiger charge is 2.36. The molecule has 0 aromatic heterocycles. The van der Waals surface area contributed by atoms with Crippen molar-refractivity contribution in [2.75, 3.05) is 6.61 Å². The van der Waals surface area contributed by atoms with Gasteiger partial charge in [0.25, 0.3) is 0 Å². The predicted octanol–water partition coefficient (Wildman–Crippen LogP) is 11.0. The zero-order valence-corrected chi connectivity index (χ0v) is 24.0. The van der Waals surface area contributed by atoms with Crippen molar-refractivity contribution < 1.29 is 22.3 Å². The molecule has 0 amide bonds. The molecule has 5 heteroatoms. The van der Waals surface area contributed by atoms with Crippen LogP contribution in [-0.4, -0.2) is 18.9 Å². The monoisotopic (exact) mass is 542 g/mol. The number of halogens is 4. The molecule has 2 unspecified atom stereocenters. The molecule has 4 aliphatic rings. The molecule has 1 heterocycles. The first kappa shape index (κ1) is 30.4. The Morgan fingerprint density at radius 3 is 1.71 bits per heavy atom. The summed E-state index contributed by atoms with van der Waals surface area (Å²) in [5, 5.41) is 0. The number of ether oxygens (including phenoxy) is 1.